The number of anilines is 1. The summed E-state index contributed by atoms with van der Waals surface area (Å²) in [6.07, 6.45) is 2.25. The molecule has 0 saturated carbocycles. The summed E-state index contributed by atoms with van der Waals surface area (Å²) in [5, 5.41) is 2.84. The lowest BCUT2D eigenvalue weighted by atomic mass is 10.1. The summed E-state index contributed by atoms with van der Waals surface area (Å²) in [5.74, 6) is 0.448. The highest BCUT2D eigenvalue weighted by Gasteiger charge is 2.04. The Morgan fingerprint density at radius 2 is 2.29 bits per heavy atom. The first-order valence-corrected chi connectivity index (χ1v) is 4.80. The molecule has 0 aromatic carbocycles. The summed E-state index contributed by atoms with van der Waals surface area (Å²) in [6, 6.07) is 3.66. The van der Waals surface area contributed by atoms with E-state index in [0.717, 1.165) is 11.4 Å². The molecule has 0 atom stereocenters. The van der Waals surface area contributed by atoms with Gasteiger partial charge in [0.2, 0.25) is 5.91 Å². The second kappa shape index (κ2) is 4.74. The molecule has 1 heterocycles. The Balaban J connectivity index is 2.56. The zero-order chi connectivity index (χ0) is 10.6. The molecule has 1 rings (SSSR count). The summed E-state index contributed by atoms with van der Waals surface area (Å²) in [7, 11) is 0. The van der Waals surface area contributed by atoms with E-state index >= 15 is 0 Å². The highest BCUT2D eigenvalue weighted by atomic mass is 16.1. The molecular formula is C11H16N2O. The van der Waals surface area contributed by atoms with Crippen molar-refractivity contribution in [1.29, 1.82) is 0 Å². The van der Waals surface area contributed by atoms with E-state index in [1.807, 2.05) is 26.8 Å². The number of hydrogen-bond donors (Lipinski definition) is 1. The third-order valence-electron chi connectivity index (χ3n) is 1.77. The first-order valence-electron chi connectivity index (χ1n) is 4.80. The molecule has 0 saturated heterocycles. The van der Waals surface area contributed by atoms with Crippen LogP contribution in [-0.2, 0) is 4.79 Å². The van der Waals surface area contributed by atoms with Gasteiger partial charge in [-0.15, -0.1) is 0 Å². The van der Waals surface area contributed by atoms with Crippen molar-refractivity contribution in [3.8, 4) is 0 Å². The predicted molar refractivity (Wildman–Crippen MR) is 57.1 cm³/mol. The molecule has 1 amide bonds. The highest BCUT2D eigenvalue weighted by molar-refractivity contribution is 5.90. The van der Waals surface area contributed by atoms with Crippen LogP contribution in [0.2, 0.25) is 0 Å². The van der Waals surface area contributed by atoms with E-state index in [0.29, 0.717) is 12.3 Å². The third kappa shape index (κ3) is 3.56. The number of nitrogens with one attached hydrogen (secondary N) is 1. The van der Waals surface area contributed by atoms with Crippen LogP contribution < -0.4 is 5.32 Å². The third-order valence-corrected chi connectivity index (χ3v) is 1.77. The molecule has 0 fully saturated rings. The van der Waals surface area contributed by atoms with Crippen molar-refractivity contribution in [1.82, 2.24) is 4.98 Å². The molecule has 0 aliphatic carbocycles. The van der Waals surface area contributed by atoms with Gasteiger partial charge in [0.25, 0.3) is 0 Å². The normalized spacial score (nSPS) is 10.3. The molecule has 0 aliphatic heterocycles. The quantitative estimate of drug-likeness (QED) is 0.798. The zero-order valence-corrected chi connectivity index (χ0v) is 8.87. The number of amides is 1. The lowest BCUT2D eigenvalue weighted by molar-refractivity contribution is -0.116. The average Bonchev–Trinajstić information content (AvgIpc) is 2.01. The summed E-state index contributed by atoms with van der Waals surface area (Å²) in [6.45, 7) is 5.95. The van der Waals surface area contributed by atoms with Crippen molar-refractivity contribution >= 4 is 11.6 Å². The number of aryl methyl sites for hydroxylation is 1. The molecule has 14 heavy (non-hydrogen) atoms. The van der Waals surface area contributed by atoms with E-state index in [1.165, 1.54) is 0 Å². The maximum atomic E-state index is 11.4. The first-order chi connectivity index (χ1) is 6.58. The van der Waals surface area contributed by atoms with Crippen LogP contribution in [0, 0.1) is 12.8 Å². The Morgan fingerprint density at radius 1 is 1.57 bits per heavy atom. The van der Waals surface area contributed by atoms with Gasteiger partial charge in [-0.05, 0) is 25.0 Å². The van der Waals surface area contributed by atoms with Gasteiger partial charge in [-0.2, -0.15) is 0 Å². The fourth-order valence-corrected chi connectivity index (χ4v) is 1.21. The maximum Gasteiger partial charge on any atom is 0.224 e. The highest BCUT2D eigenvalue weighted by Crippen LogP contribution is 2.09. The van der Waals surface area contributed by atoms with Crippen molar-refractivity contribution in [3.05, 3.63) is 24.0 Å². The monoisotopic (exact) mass is 192 g/mol. The van der Waals surface area contributed by atoms with E-state index in [9.17, 15) is 4.79 Å². The molecule has 3 heteroatoms. The van der Waals surface area contributed by atoms with E-state index < -0.39 is 0 Å². The van der Waals surface area contributed by atoms with Gasteiger partial charge >= 0.3 is 0 Å². The van der Waals surface area contributed by atoms with E-state index in [-0.39, 0.29) is 5.91 Å². The van der Waals surface area contributed by atoms with E-state index in [4.69, 9.17) is 0 Å². The van der Waals surface area contributed by atoms with Crippen LogP contribution in [0.5, 0.6) is 0 Å². The van der Waals surface area contributed by atoms with Gasteiger partial charge in [0.1, 0.15) is 0 Å². The van der Waals surface area contributed by atoms with Crippen LogP contribution in [0.4, 0.5) is 5.69 Å². The standard InChI is InChI=1S/C11H16N2O/c1-8(2)6-11(14)13-10-4-5-12-9(3)7-10/h4-5,7-8H,6H2,1-3H3,(H,12,13,14). The maximum absolute atomic E-state index is 11.4. The molecule has 0 aliphatic rings. The molecule has 76 valence electrons. The Hall–Kier alpha value is -1.38. The van der Waals surface area contributed by atoms with Crippen LogP contribution in [-0.4, -0.2) is 10.9 Å². The number of aromatic nitrogens is 1. The number of pyridine rings is 1. The molecule has 0 bridgehead atoms. The van der Waals surface area contributed by atoms with Gasteiger partial charge in [0.15, 0.2) is 0 Å². The minimum atomic E-state index is 0.0607. The Morgan fingerprint density at radius 3 is 2.86 bits per heavy atom. The van der Waals surface area contributed by atoms with Crippen molar-refractivity contribution in [3.63, 3.8) is 0 Å². The molecule has 1 aromatic rings. The summed E-state index contributed by atoms with van der Waals surface area (Å²) >= 11 is 0. The molecule has 0 unspecified atom stereocenters. The van der Waals surface area contributed by atoms with E-state index in [1.54, 1.807) is 12.3 Å². The lowest BCUT2D eigenvalue weighted by Gasteiger charge is -2.06. The molecule has 0 radical (unpaired) electrons. The topological polar surface area (TPSA) is 42.0 Å². The number of nitrogens with zero attached hydrogens (tertiary/aromatic N) is 1. The molecule has 1 N–H and O–H groups in total. The molecule has 1 aromatic heterocycles. The average molecular weight is 192 g/mol. The molecular weight excluding hydrogens is 176 g/mol. The van der Waals surface area contributed by atoms with Crippen molar-refractivity contribution in [2.75, 3.05) is 5.32 Å². The SMILES string of the molecule is Cc1cc(NC(=O)CC(C)C)ccn1. The van der Waals surface area contributed by atoms with Gasteiger partial charge in [-0.25, -0.2) is 0 Å². The predicted octanol–water partition coefficient (Wildman–Crippen LogP) is 2.37. The minimum Gasteiger partial charge on any atom is -0.326 e. The lowest BCUT2D eigenvalue weighted by Crippen LogP contribution is -2.13. The number of rotatable bonds is 3. The van der Waals surface area contributed by atoms with Crippen LogP contribution in [0.1, 0.15) is 26.0 Å². The van der Waals surface area contributed by atoms with Gasteiger partial charge in [-0.3, -0.25) is 9.78 Å². The molecule has 3 nitrogen and oxygen atoms in total. The van der Waals surface area contributed by atoms with Crippen molar-refractivity contribution < 1.29 is 4.79 Å². The van der Waals surface area contributed by atoms with Crippen LogP contribution in [0.15, 0.2) is 18.3 Å². The number of carbonyl (C=O) groups excluding carboxylic acids is 1. The summed E-state index contributed by atoms with van der Waals surface area (Å²) in [4.78, 5) is 15.5. The van der Waals surface area contributed by atoms with Crippen LogP contribution in [0.25, 0.3) is 0 Å². The van der Waals surface area contributed by atoms with Crippen LogP contribution in [0.3, 0.4) is 0 Å². The Bertz CT molecular complexity index is 321. The summed E-state index contributed by atoms with van der Waals surface area (Å²) in [5.41, 5.74) is 1.73. The van der Waals surface area contributed by atoms with Gasteiger partial charge in [0, 0.05) is 24.0 Å². The van der Waals surface area contributed by atoms with E-state index in [2.05, 4.69) is 10.3 Å². The Labute approximate surface area is 84.6 Å². The van der Waals surface area contributed by atoms with Crippen molar-refractivity contribution in [2.45, 2.75) is 27.2 Å². The first kappa shape index (κ1) is 10.7. The van der Waals surface area contributed by atoms with Crippen molar-refractivity contribution in [2.24, 2.45) is 5.92 Å². The number of hydrogen-bond acceptors (Lipinski definition) is 2. The fourth-order valence-electron chi connectivity index (χ4n) is 1.21. The summed E-state index contributed by atoms with van der Waals surface area (Å²) < 4.78 is 0. The van der Waals surface area contributed by atoms with Gasteiger partial charge in [0.05, 0.1) is 0 Å². The fraction of sp³-hybridized carbons (Fsp3) is 0.455. The number of carbonyl (C=O) groups is 1. The van der Waals surface area contributed by atoms with Crippen LogP contribution >= 0.6 is 0 Å². The second-order valence-corrected chi connectivity index (χ2v) is 3.83. The largest absolute Gasteiger partial charge is 0.326 e. The Kier molecular flexibility index (Phi) is 3.63. The molecule has 0 spiro atoms. The smallest absolute Gasteiger partial charge is 0.224 e. The van der Waals surface area contributed by atoms with Gasteiger partial charge in [-0.1, -0.05) is 13.8 Å². The van der Waals surface area contributed by atoms with Gasteiger partial charge < -0.3 is 5.32 Å². The zero-order valence-electron chi connectivity index (χ0n) is 8.87. The second-order valence-electron chi connectivity index (χ2n) is 3.83. The minimum absolute atomic E-state index is 0.0607.